The summed E-state index contributed by atoms with van der Waals surface area (Å²) < 4.78 is 28.8. The number of hydrogen-bond acceptors (Lipinski definition) is 3. The van der Waals surface area contributed by atoms with E-state index in [9.17, 15) is 8.42 Å². The number of benzene rings is 2. The van der Waals surface area contributed by atoms with Crippen molar-refractivity contribution in [3.8, 4) is 5.75 Å². The third-order valence-corrected chi connectivity index (χ3v) is 3.52. The van der Waals surface area contributed by atoms with Crippen LogP contribution in [-0.4, -0.2) is 8.42 Å². The van der Waals surface area contributed by atoms with Gasteiger partial charge in [0.1, 0.15) is 10.6 Å². The minimum Gasteiger partial charge on any atom is -0.379 e. The van der Waals surface area contributed by atoms with Crippen LogP contribution >= 0.6 is 0 Å². The molecule has 2 rings (SSSR count). The first-order chi connectivity index (χ1) is 9.08. The van der Waals surface area contributed by atoms with Crippen LogP contribution in [0.2, 0.25) is 0 Å². The van der Waals surface area contributed by atoms with Crippen molar-refractivity contribution in [2.45, 2.75) is 25.7 Å². The Labute approximate surface area is 115 Å². The second-order valence-electron chi connectivity index (χ2n) is 3.66. The molecule has 0 saturated carbocycles. The second-order valence-corrected chi connectivity index (χ2v) is 5.21. The van der Waals surface area contributed by atoms with Crippen molar-refractivity contribution in [2.75, 3.05) is 0 Å². The molecule has 102 valence electrons. The average Bonchev–Trinajstić information content (AvgIpc) is 2.42. The smallest absolute Gasteiger partial charge is 0.339 e. The highest BCUT2D eigenvalue weighted by Gasteiger charge is 2.15. The molecule has 0 bridgehead atoms. The van der Waals surface area contributed by atoms with Gasteiger partial charge < -0.3 is 4.18 Å². The number of aryl methyl sites for hydroxylation is 1. The molecule has 0 spiro atoms. The maximum atomic E-state index is 11.9. The molecule has 2 aromatic carbocycles. The van der Waals surface area contributed by atoms with E-state index in [1.54, 1.807) is 42.5 Å². The molecular formula is C15H18O3S. The number of hydrogen-bond donors (Lipinski definition) is 0. The van der Waals surface area contributed by atoms with Crippen LogP contribution < -0.4 is 4.18 Å². The quantitative estimate of drug-likeness (QED) is 0.802. The zero-order valence-corrected chi connectivity index (χ0v) is 12.1. The SMILES string of the molecule is CC.Cc1ccc(S(=O)(=O)Oc2ccccc2)cc1. The average molecular weight is 278 g/mol. The van der Waals surface area contributed by atoms with Crippen molar-refractivity contribution in [2.24, 2.45) is 0 Å². The Balaban J connectivity index is 0.000000861. The zero-order valence-electron chi connectivity index (χ0n) is 11.3. The van der Waals surface area contributed by atoms with E-state index in [1.165, 1.54) is 12.1 Å². The summed E-state index contributed by atoms with van der Waals surface area (Å²) in [7, 11) is -3.73. The minimum absolute atomic E-state index is 0.159. The molecule has 0 saturated heterocycles. The van der Waals surface area contributed by atoms with Crippen molar-refractivity contribution < 1.29 is 12.6 Å². The second kappa shape index (κ2) is 6.95. The highest BCUT2D eigenvalue weighted by atomic mass is 32.2. The summed E-state index contributed by atoms with van der Waals surface area (Å²) in [6, 6.07) is 15.0. The summed E-state index contributed by atoms with van der Waals surface area (Å²) >= 11 is 0. The van der Waals surface area contributed by atoms with Gasteiger partial charge in [0.15, 0.2) is 0 Å². The lowest BCUT2D eigenvalue weighted by atomic mass is 10.2. The molecule has 0 radical (unpaired) electrons. The van der Waals surface area contributed by atoms with Crippen LogP contribution in [-0.2, 0) is 10.1 Å². The third kappa shape index (κ3) is 4.41. The predicted molar refractivity (Wildman–Crippen MR) is 76.8 cm³/mol. The summed E-state index contributed by atoms with van der Waals surface area (Å²) in [6.45, 7) is 5.90. The Hall–Kier alpha value is -1.81. The molecule has 0 aromatic heterocycles. The zero-order chi connectivity index (χ0) is 14.3. The largest absolute Gasteiger partial charge is 0.379 e. The fourth-order valence-corrected chi connectivity index (χ4v) is 2.29. The first kappa shape index (κ1) is 15.2. The third-order valence-electron chi connectivity index (χ3n) is 2.26. The van der Waals surface area contributed by atoms with E-state index in [4.69, 9.17) is 4.18 Å². The number of para-hydroxylation sites is 1. The van der Waals surface area contributed by atoms with Gasteiger partial charge in [-0.1, -0.05) is 49.7 Å². The molecule has 0 fully saturated rings. The van der Waals surface area contributed by atoms with Crippen LogP contribution in [0, 0.1) is 6.92 Å². The maximum absolute atomic E-state index is 11.9. The van der Waals surface area contributed by atoms with Crippen LogP contribution in [0.1, 0.15) is 19.4 Å². The van der Waals surface area contributed by atoms with Crippen LogP contribution in [0.15, 0.2) is 59.5 Å². The molecule has 3 nitrogen and oxygen atoms in total. The van der Waals surface area contributed by atoms with Gasteiger partial charge in [0.25, 0.3) is 0 Å². The monoisotopic (exact) mass is 278 g/mol. The predicted octanol–water partition coefficient (Wildman–Crippen LogP) is 3.79. The first-order valence-electron chi connectivity index (χ1n) is 6.14. The Bertz CT molecular complexity index is 587. The lowest BCUT2D eigenvalue weighted by Crippen LogP contribution is -2.09. The molecular weight excluding hydrogens is 260 g/mol. The van der Waals surface area contributed by atoms with Crippen molar-refractivity contribution in [3.63, 3.8) is 0 Å². The molecule has 4 heteroatoms. The topological polar surface area (TPSA) is 43.4 Å². The van der Waals surface area contributed by atoms with Crippen LogP contribution in [0.25, 0.3) is 0 Å². The van der Waals surface area contributed by atoms with Gasteiger partial charge in [-0.25, -0.2) is 0 Å². The summed E-state index contributed by atoms with van der Waals surface area (Å²) in [5.74, 6) is 0.313. The van der Waals surface area contributed by atoms with E-state index in [1.807, 2.05) is 20.8 Å². The molecule has 0 heterocycles. The standard InChI is InChI=1S/C13H12O3S.C2H6/c1-11-7-9-13(10-8-11)17(14,15)16-12-5-3-2-4-6-12;1-2/h2-10H,1H3;1-2H3. The normalized spacial score (nSPS) is 10.3. The number of rotatable bonds is 3. The molecule has 0 atom stereocenters. The summed E-state index contributed by atoms with van der Waals surface area (Å²) in [6.07, 6.45) is 0. The molecule has 0 aliphatic heterocycles. The van der Waals surface area contributed by atoms with Gasteiger partial charge in [-0.3, -0.25) is 0 Å². The maximum Gasteiger partial charge on any atom is 0.339 e. The van der Waals surface area contributed by atoms with Crippen molar-refractivity contribution in [3.05, 3.63) is 60.2 Å². The summed E-state index contributed by atoms with van der Waals surface area (Å²) in [5, 5.41) is 0. The van der Waals surface area contributed by atoms with Gasteiger partial charge in [-0.15, -0.1) is 0 Å². The van der Waals surface area contributed by atoms with E-state index in [2.05, 4.69) is 0 Å². The highest BCUT2D eigenvalue weighted by molar-refractivity contribution is 7.87. The van der Waals surface area contributed by atoms with Crippen LogP contribution in [0.5, 0.6) is 5.75 Å². The van der Waals surface area contributed by atoms with E-state index < -0.39 is 10.1 Å². The lowest BCUT2D eigenvalue weighted by molar-refractivity contribution is 0.486. The molecule has 0 N–H and O–H groups in total. The first-order valence-corrected chi connectivity index (χ1v) is 7.55. The fraction of sp³-hybridized carbons (Fsp3) is 0.200. The Morgan fingerprint density at radius 2 is 1.37 bits per heavy atom. The molecule has 19 heavy (non-hydrogen) atoms. The highest BCUT2D eigenvalue weighted by Crippen LogP contribution is 2.18. The Kier molecular flexibility index (Phi) is 5.57. The van der Waals surface area contributed by atoms with Gasteiger partial charge in [0.05, 0.1) is 0 Å². The molecule has 0 aliphatic carbocycles. The van der Waals surface area contributed by atoms with Gasteiger partial charge in [0.2, 0.25) is 0 Å². The summed E-state index contributed by atoms with van der Waals surface area (Å²) in [5.41, 5.74) is 1.00. The lowest BCUT2D eigenvalue weighted by Gasteiger charge is -2.06. The molecule has 0 aliphatic rings. The Morgan fingerprint density at radius 1 is 0.842 bits per heavy atom. The van der Waals surface area contributed by atoms with Crippen molar-refractivity contribution in [1.29, 1.82) is 0 Å². The van der Waals surface area contributed by atoms with E-state index in [0.717, 1.165) is 5.56 Å². The van der Waals surface area contributed by atoms with Crippen molar-refractivity contribution >= 4 is 10.1 Å². The van der Waals surface area contributed by atoms with E-state index >= 15 is 0 Å². The van der Waals surface area contributed by atoms with Crippen LogP contribution in [0.3, 0.4) is 0 Å². The summed E-state index contributed by atoms with van der Waals surface area (Å²) in [4.78, 5) is 0.159. The molecule has 0 unspecified atom stereocenters. The van der Waals surface area contributed by atoms with Gasteiger partial charge in [0, 0.05) is 0 Å². The minimum atomic E-state index is -3.73. The van der Waals surface area contributed by atoms with E-state index in [0.29, 0.717) is 5.75 Å². The Morgan fingerprint density at radius 3 is 1.89 bits per heavy atom. The molecule has 0 amide bonds. The fourth-order valence-electron chi connectivity index (χ4n) is 1.36. The van der Waals surface area contributed by atoms with Crippen LogP contribution in [0.4, 0.5) is 0 Å². The van der Waals surface area contributed by atoms with Crippen molar-refractivity contribution in [1.82, 2.24) is 0 Å². The van der Waals surface area contributed by atoms with Gasteiger partial charge >= 0.3 is 10.1 Å². The van der Waals surface area contributed by atoms with Gasteiger partial charge in [-0.2, -0.15) is 8.42 Å². The van der Waals surface area contributed by atoms with E-state index in [-0.39, 0.29) is 4.90 Å². The van der Waals surface area contributed by atoms with Gasteiger partial charge in [-0.05, 0) is 31.2 Å². The molecule has 2 aromatic rings.